The zero-order valence-corrected chi connectivity index (χ0v) is 10.7. The lowest BCUT2D eigenvalue weighted by atomic mass is 9.75. The summed E-state index contributed by atoms with van der Waals surface area (Å²) in [4.78, 5) is 4.43. The molecule has 2 heterocycles. The molecule has 18 heavy (non-hydrogen) atoms. The van der Waals surface area contributed by atoms with Crippen LogP contribution in [0.1, 0.15) is 18.4 Å². The second-order valence-corrected chi connectivity index (χ2v) is 5.22. The smallest absolute Gasteiger partial charge is 0.0955 e. The fraction of sp³-hybridized carbons (Fsp3) is 0.500. The number of hydrogen-bond donors (Lipinski definition) is 1. The molecule has 96 valence electrons. The summed E-state index contributed by atoms with van der Waals surface area (Å²) < 4.78 is 7.49. The molecule has 3 rings (SSSR count). The summed E-state index contributed by atoms with van der Waals surface area (Å²) in [5.74, 6) is 0. The Labute approximate surface area is 107 Å². The van der Waals surface area contributed by atoms with Gasteiger partial charge in [0.2, 0.25) is 0 Å². The molecule has 2 N–H and O–H groups in total. The van der Waals surface area contributed by atoms with Crippen LogP contribution in [0.4, 0.5) is 0 Å². The van der Waals surface area contributed by atoms with Crippen LogP contribution in [-0.2, 0) is 17.2 Å². The van der Waals surface area contributed by atoms with Crippen molar-refractivity contribution in [2.24, 2.45) is 12.8 Å². The molecular formula is C14H19N3O. The van der Waals surface area contributed by atoms with Crippen molar-refractivity contribution in [3.05, 3.63) is 30.1 Å². The van der Waals surface area contributed by atoms with E-state index in [2.05, 4.69) is 23.2 Å². The Morgan fingerprint density at radius 2 is 2.28 bits per heavy atom. The van der Waals surface area contributed by atoms with Crippen LogP contribution in [0, 0.1) is 0 Å². The zero-order chi connectivity index (χ0) is 12.6. The van der Waals surface area contributed by atoms with Gasteiger partial charge >= 0.3 is 0 Å². The lowest BCUT2D eigenvalue weighted by Crippen LogP contribution is -2.47. The number of fused-ring (bicyclic) bond motifs is 1. The van der Waals surface area contributed by atoms with Crippen molar-refractivity contribution in [3.8, 4) is 0 Å². The minimum atomic E-state index is 0.172. The molecule has 0 amide bonds. The molecule has 1 fully saturated rings. The number of nitrogens with zero attached hydrogens (tertiary/aromatic N) is 2. The van der Waals surface area contributed by atoms with E-state index in [4.69, 9.17) is 10.5 Å². The first-order valence-electron chi connectivity index (χ1n) is 6.45. The molecule has 4 heteroatoms. The summed E-state index contributed by atoms with van der Waals surface area (Å²) in [5, 5.41) is 0. The Kier molecular flexibility index (Phi) is 2.84. The van der Waals surface area contributed by atoms with E-state index in [0.717, 1.165) is 38.1 Å². The number of nitrogens with two attached hydrogens (primary N) is 1. The van der Waals surface area contributed by atoms with E-state index in [0.29, 0.717) is 0 Å². The molecule has 1 aliphatic heterocycles. The van der Waals surface area contributed by atoms with Crippen LogP contribution in [0.5, 0.6) is 0 Å². The van der Waals surface area contributed by atoms with Crippen LogP contribution in [-0.4, -0.2) is 29.3 Å². The maximum atomic E-state index is 5.63. The molecule has 1 aliphatic rings. The van der Waals surface area contributed by atoms with Gasteiger partial charge in [-0.3, -0.25) is 0 Å². The fourth-order valence-corrected chi connectivity index (χ4v) is 2.71. The van der Waals surface area contributed by atoms with Gasteiger partial charge in [-0.05, 0) is 37.1 Å². The van der Waals surface area contributed by atoms with Gasteiger partial charge in [-0.15, -0.1) is 0 Å². The van der Waals surface area contributed by atoms with Crippen molar-refractivity contribution in [3.63, 3.8) is 0 Å². The molecule has 2 aromatic rings. The molecule has 1 aromatic heterocycles. The molecule has 4 nitrogen and oxygen atoms in total. The molecule has 0 unspecified atom stereocenters. The Morgan fingerprint density at radius 1 is 1.44 bits per heavy atom. The van der Waals surface area contributed by atoms with E-state index in [1.54, 1.807) is 0 Å². The van der Waals surface area contributed by atoms with Gasteiger partial charge in [0.1, 0.15) is 0 Å². The number of rotatable bonds is 4. The highest BCUT2D eigenvalue weighted by Crippen LogP contribution is 2.37. The molecule has 1 aromatic carbocycles. The molecule has 0 aliphatic carbocycles. The van der Waals surface area contributed by atoms with Crippen LogP contribution in [0.3, 0.4) is 0 Å². The number of ether oxygens (including phenoxy) is 1. The van der Waals surface area contributed by atoms with E-state index in [1.165, 1.54) is 11.1 Å². The predicted molar refractivity (Wildman–Crippen MR) is 71.5 cm³/mol. The lowest BCUT2D eigenvalue weighted by molar-refractivity contribution is -0.0648. The molecule has 0 bridgehead atoms. The van der Waals surface area contributed by atoms with E-state index in [9.17, 15) is 0 Å². The summed E-state index contributed by atoms with van der Waals surface area (Å²) in [6.07, 6.45) is 4.00. The van der Waals surface area contributed by atoms with Gasteiger partial charge in [0.05, 0.1) is 30.6 Å². The summed E-state index contributed by atoms with van der Waals surface area (Å²) in [6, 6.07) is 6.57. The first-order valence-corrected chi connectivity index (χ1v) is 6.45. The maximum absolute atomic E-state index is 5.63. The monoisotopic (exact) mass is 245 g/mol. The third-order valence-corrected chi connectivity index (χ3v) is 3.95. The highest BCUT2D eigenvalue weighted by Gasteiger charge is 2.39. The van der Waals surface area contributed by atoms with Gasteiger partial charge in [-0.25, -0.2) is 4.98 Å². The summed E-state index contributed by atoms with van der Waals surface area (Å²) in [6.45, 7) is 2.37. The first kappa shape index (κ1) is 11.7. The van der Waals surface area contributed by atoms with Crippen molar-refractivity contribution in [1.82, 2.24) is 9.55 Å². The first-order chi connectivity index (χ1) is 8.75. The second kappa shape index (κ2) is 4.37. The molecule has 0 atom stereocenters. The maximum Gasteiger partial charge on any atom is 0.0955 e. The number of benzene rings is 1. The summed E-state index contributed by atoms with van der Waals surface area (Å²) in [7, 11) is 2.02. The highest BCUT2D eigenvalue weighted by atomic mass is 16.5. The minimum absolute atomic E-state index is 0.172. The predicted octanol–water partition coefficient (Wildman–Crippen LogP) is 1.58. The lowest BCUT2D eigenvalue weighted by Gasteiger charge is -2.42. The van der Waals surface area contributed by atoms with Crippen molar-refractivity contribution in [2.45, 2.75) is 18.3 Å². The van der Waals surface area contributed by atoms with Crippen LogP contribution >= 0.6 is 0 Å². The third-order valence-electron chi connectivity index (χ3n) is 3.95. The normalized spacial score (nSPS) is 17.9. The number of imidazole rings is 1. The topological polar surface area (TPSA) is 53.1 Å². The van der Waals surface area contributed by atoms with Crippen LogP contribution in [0.25, 0.3) is 11.0 Å². The van der Waals surface area contributed by atoms with E-state index in [-0.39, 0.29) is 5.41 Å². The summed E-state index contributed by atoms with van der Waals surface area (Å²) in [5.41, 5.74) is 9.38. The largest absolute Gasteiger partial charge is 0.379 e. The van der Waals surface area contributed by atoms with E-state index < -0.39 is 0 Å². The van der Waals surface area contributed by atoms with Gasteiger partial charge < -0.3 is 15.0 Å². The molecular weight excluding hydrogens is 226 g/mol. The quantitative estimate of drug-likeness (QED) is 0.889. The highest BCUT2D eigenvalue weighted by molar-refractivity contribution is 5.76. The zero-order valence-electron chi connectivity index (χ0n) is 10.7. The summed E-state index contributed by atoms with van der Waals surface area (Å²) >= 11 is 0. The van der Waals surface area contributed by atoms with E-state index in [1.807, 2.05) is 17.9 Å². The van der Waals surface area contributed by atoms with Gasteiger partial charge in [0.15, 0.2) is 0 Å². The van der Waals surface area contributed by atoms with Gasteiger partial charge in [-0.2, -0.15) is 0 Å². The van der Waals surface area contributed by atoms with Crippen LogP contribution < -0.4 is 5.73 Å². The van der Waals surface area contributed by atoms with Gasteiger partial charge in [0, 0.05) is 12.5 Å². The minimum Gasteiger partial charge on any atom is -0.379 e. The van der Waals surface area contributed by atoms with Crippen molar-refractivity contribution >= 4 is 11.0 Å². The standard InChI is InChI=1S/C14H19N3O/c1-17-10-16-12-7-11(3-4-13(12)17)14(5-2-6-15)8-18-9-14/h3-4,7,10H,2,5-6,8-9,15H2,1H3. The average Bonchev–Trinajstić information content (AvgIpc) is 2.70. The van der Waals surface area contributed by atoms with Gasteiger partial charge in [0.25, 0.3) is 0 Å². The van der Waals surface area contributed by atoms with Crippen LogP contribution in [0.2, 0.25) is 0 Å². The van der Waals surface area contributed by atoms with Gasteiger partial charge in [-0.1, -0.05) is 6.07 Å². The van der Waals surface area contributed by atoms with E-state index >= 15 is 0 Å². The Hall–Kier alpha value is -1.39. The van der Waals surface area contributed by atoms with Crippen molar-refractivity contribution < 1.29 is 4.74 Å². The molecule has 1 saturated heterocycles. The van der Waals surface area contributed by atoms with Crippen LogP contribution in [0.15, 0.2) is 24.5 Å². The second-order valence-electron chi connectivity index (χ2n) is 5.22. The Morgan fingerprint density at radius 3 is 2.94 bits per heavy atom. The Bertz CT molecular complexity index is 557. The average molecular weight is 245 g/mol. The number of aromatic nitrogens is 2. The molecule has 0 radical (unpaired) electrons. The fourth-order valence-electron chi connectivity index (χ4n) is 2.71. The molecule has 0 spiro atoms. The number of aryl methyl sites for hydroxylation is 1. The van der Waals surface area contributed by atoms with Crippen molar-refractivity contribution in [1.29, 1.82) is 0 Å². The molecule has 0 saturated carbocycles. The third kappa shape index (κ3) is 1.72. The number of hydrogen-bond acceptors (Lipinski definition) is 3. The SMILES string of the molecule is Cn1cnc2cc(C3(CCCN)COC3)ccc21. The Balaban J connectivity index is 1.97. The van der Waals surface area contributed by atoms with Crippen molar-refractivity contribution in [2.75, 3.05) is 19.8 Å².